The molecule has 3 aliphatic heterocycles. The molecule has 11 heteroatoms. The van der Waals surface area contributed by atoms with E-state index >= 15 is 0 Å². The number of nitrogens with zero attached hydrogens (tertiary/aromatic N) is 1. The molecule has 1 unspecified atom stereocenters. The topological polar surface area (TPSA) is 102 Å². The molecule has 3 atom stereocenters. The number of carbonyl (C=O) groups is 2. The molecule has 2 amide bonds. The highest BCUT2D eigenvalue weighted by molar-refractivity contribution is 6.99. The lowest BCUT2D eigenvalue weighted by molar-refractivity contribution is -0.154. The summed E-state index contributed by atoms with van der Waals surface area (Å²) in [6.07, 6.45) is 6.01. The molecular weight excluding hydrogens is 771 g/mol. The largest absolute Gasteiger partial charge is 0.485 e. The van der Waals surface area contributed by atoms with Crippen molar-refractivity contribution in [3.05, 3.63) is 96.2 Å². The van der Waals surface area contributed by atoms with Crippen LogP contribution >= 0.6 is 0 Å². The van der Waals surface area contributed by atoms with Crippen LogP contribution in [0, 0.1) is 0 Å². The van der Waals surface area contributed by atoms with Gasteiger partial charge in [-0.2, -0.15) is 0 Å². The van der Waals surface area contributed by atoms with Crippen LogP contribution < -0.4 is 25.2 Å². The number of fused-ring (bicyclic) bond motifs is 4. The van der Waals surface area contributed by atoms with E-state index in [0.29, 0.717) is 50.5 Å². The van der Waals surface area contributed by atoms with Crippen LogP contribution in [0.5, 0.6) is 11.5 Å². The fourth-order valence-electron chi connectivity index (χ4n) is 9.05. The van der Waals surface area contributed by atoms with Gasteiger partial charge in [0.15, 0.2) is 19.8 Å². The van der Waals surface area contributed by atoms with Gasteiger partial charge >= 0.3 is 0 Å². The van der Waals surface area contributed by atoms with E-state index in [9.17, 15) is 9.59 Å². The molecule has 9 nitrogen and oxygen atoms in total. The van der Waals surface area contributed by atoms with Gasteiger partial charge in [0.05, 0.1) is 12.1 Å². The zero-order valence-electron chi connectivity index (χ0n) is 37.1. The Morgan fingerprint density at radius 2 is 1.58 bits per heavy atom. The number of aromatic nitrogens is 1. The Morgan fingerprint density at radius 3 is 2.19 bits per heavy atom. The Kier molecular flexibility index (Phi) is 11.4. The van der Waals surface area contributed by atoms with E-state index in [1.165, 1.54) is 10.4 Å². The number of piperazine rings is 1. The van der Waals surface area contributed by atoms with Crippen LogP contribution in [0.3, 0.4) is 0 Å². The van der Waals surface area contributed by atoms with Crippen molar-refractivity contribution < 1.29 is 27.9 Å². The zero-order valence-corrected chi connectivity index (χ0v) is 39.1. The van der Waals surface area contributed by atoms with Crippen molar-refractivity contribution in [3.63, 3.8) is 0 Å². The highest BCUT2D eigenvalue weighted by Crippen LogP contribution is 2.45. The fraction of sp³-hybridized carbons (Fsp3) is 0.500. The van der Waals surface area contributed by atoms with E-state index in [4.69, 9.17) is 18.3 Å². The Balaban J connectivity index is 1.07. The lowest BCUT2D eigenvalue weighted by atomic mass is 9.86. The minimum atomic E-state index is -2.74. The molecule has 0 spiro atoms. The molecule has 4 heterocycles. The molecule has 2 saturated heterocycles. The summed E-state index contributed by atoms with van der Waals surface area (Å²) >= 11 is 0. The number of amides is 2. The van der Waals surface area contributed by atoms with Crippen molar-refractivity contribution >= 4 is 49.7 Å². The second kappa shape index (κ2) is 15.7. The number of nitrogens with one attached hydrogen (secondary N) is 2. The molecule has 4 aromatic rings. The van der Waals surface area contributed by atoms with E-state index < -0.39 is 33.8 Å². The first-order chi connectivity index (χ1) is 27.7. The molecule has 2 fully saturated rings. The maximum Gasteiger partial charge on any atom is 0.261 e. The number of rotatable bonds is 11. The molecule has 1 aromatic heterocycles. The Labute approximate surface area is 353 Å². The number of ether oxygens (including phenoxy) is 2. The molecule has 0 aliphatic carbocycles. The second-order valence-electron chi connectivity index (χ2n) is 20.1. The quantitative estimate of drug-likeness (QED) is 0.116. The number of carbonyl (C=O) groups excluding carboxylic acids is 2. The number of hydrogen-bond acceptors (Lipinski definition) is 6. The summed E-state index contributed by atoms with van der Waals surface area (Å²) in [7, 11) is -4.84. The minimum absolute atomic E-state index is 0.0345. The van der Waals surface area contributed by atoms with Gasteiger partial charge in [-0.25, -0.2) is 0 Å². The van der Waals surface area contributed by atoms with Gasteiger partial charge < -0.3 is 33.5 Å². The minimum Gasteiger partial charge on any atom is -0.485 e. The second-order valence-corrected chi connectivity index (χ2v) is 29.1. The summed E-state index contributed by atoms with van der Waals surface area (Å²) in [6.45, 7) is 25.6. The summed E-state index contributed by atoms with van der Waals surface area (Å²) in [5, 5.41) is 6.47. The normalized spacial score (nSPS) is 22.6. The predicted octanol–water partition coefficient (Wildman–Crippen LogP) is 8.42. The average molecular weight is 836 g/mol. The average Bonchev–Trinajstić information content (AvgIpc) is 3.77. The standard InChI is InChI=1S/C48H65N3O6Si2/c1-33(31-55-59(46(5,6)7,35-19-14-12-15-20-35)36-21-16-13-17-22-36)25-27-48-26-18-28-51(48)43(52)38(50-44(48)53)29-34-30-49-41-37(34)23-24-39-42(41)54-32-40(47(8,9)56-39)57-58(10,11)45(2,3)4/h12-17,19-25,30,38,40,49H,18,26-29,31-32H2,1-11H3,(H,50,53)/b33-25+/t38-,40?,48-/m1/s1. The van der Waals surface area contributed by atoms with Gasteiger partial charge in [-0.3, -0.25) is 9.59 Å². The van der Waals surface area contributed by atoms with Gasteiger partial charge in [-0.05, 0) is 91.3 Å². The van der Waals surface area contributed by atoms with Crippen molar-refractivity contribution in [2.75, 3.05) is 19.8 Å². The van der Waals surface area contributed by atoms with Crippen LogP contribution in [0.1, 0.15) is 87.1 Å². The Bertz CT molecular complexity index is 2160. The molecule has 3 aromatic carbocycles. The summed E-state index contributed by atoms with van der Waals surface area (Å²) in [4.78, 5) is 33.8. The van der Waals surface area contributed by atoms with Crippen LogP contribution in [-0.4, -0.2) is 81.4 Å². The van der Waals surface area contributed by atoms with Crippen molar-refractivity contribution in [1.82, 2.24) is 15.2 Å². The summed E-state index contributed by atoms with van der Waals surface area (Å²) < 4.78 is 27.2. The molecular formula is C48H65N3O6Si2. The monoisotopic (exact) mass is 835 g/mol. The smallest absolute Gasteiger partial charge is 0.261 e. The third kappa shape index (κ3) is 7.84. The third-order valence-corrected chi connectivity index (χ3v) is 23.0. The van der Waals surface area contributed by atoms with Gasteiger partial charge in [-0.15, -0.1) is 0 Å². The van der Waals surface area contributed by atoms with E-state index in [1.807, 2.05) is 23.2 Å². The first kappa shape index (κ1) is 42.9. The van der Waals surface area contributed by atoms with Crippen molar-refractivity contribution in [3.8, 4) is 11.5 Å². The van der Waals surface area contributed by atoms with Gasteiger partial charge in [0.2, 0.25) is 11.8 Å². The fourth-order valence-corrected chi connectivity index (χ4v) is 15.1. The number of aromatic amines is 1. The van der Waals surface area contributed by atoms with Crippen molar-refractivity contribution in [2.45, 2.75) is 134 Å². The predicted molar refractivity (Wildman–Crippen MR) is 242 cm³/mol. The maximum absolute atomic E-state index is 14.3. The number of benzene rings is 3. The summed E-state index contributed by atoms with van der Waals surface area (Å²) in [6, 6.07) is 24.6. The first-order valence-electron chi connectivity index (χ1n) is 21.4. The first-order valence-corrected chi connectivity index (χ1v) is 26.2. The van der Waals surface area contributed by atoms with Crippen LogP contribution in [-0.2, 0) is 24.9 Å². The van der Waals surface area contributed by atoms with E-state index in [-0.39, 0.29) is 28.0 Å². The Hall–Kier alpha value is -4.17. The molecule has 316 valence electrons. The van der Waals surface area contributed by atoms with Gasteiger partial charge in [-0.1, -0.05) is 114 Å². The molecule has 0 saturated carbocycles. The lowest BCUT2D eigenvalue weighted by Crippen LogP contribution is -2.68. The third-order valence-electron chi connectivity index (χ3n) is 13.6. The summed E-state index contributed by atoms with van der Waals surface area (Å²) in [5.74, 6) is 1.17. The van der Waals surface area contributed by atoms with Gasteiger partial charge in [0.25, 0.3) is 8.32 Å². The van der Waals surface area contributed by atoms with Crippen molar-refractivity contribution in [1.29, 1.82) is 0 Å². The van der Waals surface area contributed by atoms with Gasteiger partial charge in [0.1, 0.15) is 29.9 Å². The number of H-pyrrole nitrogens is 1. The SMILES string of the molecule is C/C(=C\C[C@@]12CCCN1C(=O)[C@@H](Cc1c[nH]c3c4c(ccc13)OC(C)(C)C(O[Si](C)(C)C(C)(C)C)CO4)NC2=O)CO[Si](c1ccccc1)(c1ccccc1)C(C)(C)C. The number of hydrogen-bond donors (Lipinski definition) is 2. The lowest BCUT2D eigenvalue weighted by Gasteiger charge is -2.44. The van der Waals surface area contributed by atoms with Crippen LogP contribution in [0.15, 0.2) is 90.6 Å². The van der Waals surface area contributed by atoms with E-state index in [0.717, 1.165) is 28.5 Å². The Morgan fingerprint density at radius 1 is 0.932 bits per heavy atom. The van der Waals surface area contributed by atoms with Crippen LogP contribution in [0.2, 0.25) is 23.2 Å². The summed E-state index contributed by atoms with van der Waals surface area (Å²) in [5.41, 5.74) is 1.27. The highest BCUT2D eigenvalue weighted by atomic mass is 28.4. The molecule has 2 N–H and O–H groups in total. The molecule has 7 rings (SSSR count). The molecule has 0 radical (unpaired) electrons. The highest BCUT2D eigenvalue weighted by Gasteiger charge is 2.55. The molecule has 3 aliphatic rings. The molecule has 0 bridgehead atoms. The van der Waals surface area contributed by atoms with E-state index in [1.54, 1.807) is 0 Å². The van der Waals surface area contributed by atoms with Crippen LogP contribution in [0.4, 0.5) is 0 Å². The van der Waals surface area contributed by atoms with Crippen LogP contribution in [0.25, 0.3) is 10.9 Å². The van der Waals surface area contributed by atoms with Crippen molar-refractivity contribution in [2.24, 2.45) is 0 Å². The zero-order chi connectivity index (χ0) is 42.6. The molecule has 59 heavy (non-hydrogen) atoms. The van der Waals surface area contributed by atoms with E-state index in [2.05, 4.69) is 152 Å². The van der Waals surface area contributed by atoms with Gasteiger partial charge in [0, 0.05) is 24.5 Å². The maximum atomic E-state index is 14.3.